The second-order valence-electron chi connectivity index (χ2n) is 7.27. The highest BCUT2D eigenvalue weighted by Gasteiger charge is 2.12. The molecule has 1 fully saturated rings. The summed E-state index contributed by atoms with van der Waals surface area (Å²) in [5, 5.41) is 7.96. The van der Waals surface area contributed by atoms with E-state index in [0.717, 1.165) is 69.0 Å². The van der Waals surface area contributed by atoms with Crippen LogP contribution in [-0.4, -0.2) is 55.2 Å². The Morgan fingerprint density at radius 2 is 1.93 bits per heavy atom. The molecule has 0 bridgehead atoms. The number of nitrogens with zero attached hydrogens (tertiary/aromatic N) is 3. The number of hydrogen-bond acceptors (Lipinski definition) is 5. The van der Waals surface area contributed by atoms with Crippen molar-refractivity contribution in [3.63, 3.8) is 0 Å². The molecule has 1 saturated heterocycles. The number of benzene rings is 1. The van der Waals surface area contributed by atoms with E-state index in [1.807, 2.05) is 0 Å². The van der Waals surface area contributed by atoms with Gasteiger partial charge in [0.15, 0.2) is 5.96 Å². The van der Waals surface area contributed by atoms with Crippen LogP contribution in [0.1, 0.15) is 33.6 Å². The molecule has 1 aromatic carbocycles. The van der Waals surface area contributed by atoms with E-state index in [9.17, 15) is 0 Å². The summed E-state index contributed by atoms with van der Waals surface area (Å²) in [6.45, 7) is 13.2. The molecule has 29 heavy (non-hydrogen) atoms. The smallest absolute Gasteiger partial charge is 0.191 e. The summed E-state index contributed by atoms with van der Waals surface area (Å²) < 4.78 is 5.47. The molecule has 0 spiro atoms. The van der Waals surface area contributed by atoms with Crippen LogP contribution in [0.15, 0.2) is 29.3 Å². The zero-order valence-corrected chi connectivity index (χ0v) is 18.6. The van der Waals surface area contributed by atoms with Gasteiger partial charge in [0.05, 0.1) is 30.5 Å². The monoisotopic (exact) mass is 415 g/mol. The number of ether oxygens (including phenoxy) is 1. The maximum absolute atomic E-state index is 5.47. The maximum Gasteiger partial charge on any atom is 0.191 e. The zero-order valence-electron chi connectivity index (χ0n) is 17.8. The van der Waals surface area contributed by atoms with Gasteiger partial charge in [-0.25, -0.2) is 9.98 Å². The molecule has 2 heterocycles. The Labute approximate surface area is 178 Å². The standard InChI is InChI=1S/C22H33N5OS/c1-4-23-22(24-10-9-21-17(2)26-18(3)29-21)25-15-19-7-5-6-8-20(19)16-27-11-13-28-14-12-27/h5-8H,4,9-16H2,1-3H3,(H2,23,24,25). The zero-order chi connectivity index (χ0) is 20.5. The molecule has 158 valence electrons. The summed E-state index contributed by atoms with van der Waals surface area (Å²) in [5.74, 6) is 0.868. The molecule has 2 N–H and O–H groups in total. The molecule has 0 atom stereocenters. The lowest BCUT2D eigenvalue weighted by molar-refractivity contribution is 0.0341. The van der Waals surface area contributed by atoms with Crippen LogP contribution >= 0.6 is 11.3 Å². The van der Waals surface area contributed by atoms with Crippen LogP contribution in [0.25, 0.3) is 0 Å². The van der Waals surface area contributed by atoms with Crippen molar-refractivity contribution in [1.82, 2.24) is 20.5 Å². The van der Waals surface area contributed by atoms with Gasteiger partial charge in [-0.1, -0.05) is 24.3 Å². The van der Waals surface area contributed by atoms with E-state index in [1.54, 1.807) is 11.3 Å². The molecule has 0 saturated carbocycles. The van der Waals surface area contributed by atoms with Crippen LogP contribution in [0.4, 0.5) is 0 Å². The molecule has 1 aliphatic heterocycles. The van der Waals surface area contributed by atoms with Crippen molar-refractivity contribution in [2.24, 2.45) is 4.99 Å². The van der Waals surface area contributed by atoms with Crippen molar-refractivity contribution in [2.75, 3.05) is 39.4 Å². The van der Waals surface area contributed by atoms with Gasteiger partial charge in [-0.15, -0.1) is 11.3 Å². The molecule has 0 unspecified atom stereocenters. The van der Waals surface area contributed by atoms with E-state index in [-0.39, 0.29) is 0 Å². The minimum absolute atomic E-state index is 0.675. The summed E-state index contributed by atoms with van der Waals surface area (Å²) in [7, 11) is 0. The lowest BCUT2D eigenvalue weighted by atomic mass is 10.1. The van der Waals surface area contributed by atoms with Crippen molar-refractivity contribution in [2.45, 2.75) is 40.3 Å². The minimum atomic E-state index is 0.675. The molecule has 3 rings (SSSR count). The third-order valence-electron chi connectivity index (χ3n) is 5.01. The van der Waals surface area contributed by atoms with Crippen LogP contribution in [-0.2, 0) is 24.2 Å². The number of morpholine rings is 1. The second-order valence-corrected chi connectivity index (χ2v) is 8.56. The Balaban J connectivity index is 1.58. The number of thiazole rings is 1. The van der Waals surface area contributed by atoms with Crippen molar-refractivity contribution >= 4 is 17.3 Å². The Bertz CT molecular complexity index is 798. The van der Waals surface area contributed by atoms with Crippen LogP contribution in [0, 0.1) is 13.8 Å². The summed E-state index contributed by atoms with van der Waals surface area (Å²) in [6.07, 6.45) is 0.968. The molecule has 7 heteroatoms. The molecule has 6 nitrogen and oxygen atoms in total. The van der Waals surface area contributed by atoms with Gasteiger partial charge >= 0.3 is 0 Å². The Morgan fingerprint density at radius 3 is 2.62 bits per heavy atom. The molecular formula is C22H33N5OS. The van der Waals surface area contributed by atoms with E-state index in [0.29, 0.717) is 6.54 Å². The van der Waals surface area contributed by atoms with Crippen molar-refractivity contribution in [1.29, 1.82) is 0 Å². The van der Waals surface area contributed by atoms with Gasteiger partial charge in [-0.05, 0) is 31.9 Å². The molecule has 0 aliphatic carbocycles. The number of guanidine groups is 1. The summed E-state index contributed by atoms with van der Waals surface area (Å²) in [6, 6.07) is 8.62. The van der Waals surface area contributed by atoms with Crippen molar-refractivity contribution in [3.05, 3.63) is 51.0 Å². The summed E-state index contributed by atoms with van der Waals surface area (Å²) in [4.78, 5) is 13.1. The first-order valence-corrected chi connectivity index (χ1v) is 11.3. The molecule has 1 aromatic heterocycles. The first-order chi connectivity index (χ1) is 14.2. The number of hydrogen-bond donors (Lipinski definition) is 2. The van der Waals surface area contributed by atoms with Crippen LogP contribution in [0.2, 0.25) is 0 Å². The lowest BCUT2D eigenvalue weighted by Gasteiger charge is -2.27. The van der Waals surface area contributed by atoms with E-state index >= 15 is 0 Å². The number of aryl methyl sites for hydroxylation is 2. The van der Waals surface area contributed by atoms with Crippen molar-refractivity contribution in [3.8, 4) is 0 Å². The predicted molar refractivity (Wildman–Crippen MR) is 121 cm³/mol. The van der Waals surface area contributed by atoms with E-state index < -0.39 is 0 Å². The topological polar surface area (TPSA) is 61.8 Å². The molecule has 2 aromatic rings. The van der Waals surface area contributed by atoms with Gasteiger partial charge in [-0.3, -0.25) is 4.90 Å². The fourth-order valence-corrected chi connectivity index (χ4v) is 4.41. The predicted octanol–water partition coefficient (Wildman–Crippen LogP) is 2.89. The van der Waals surface area contributed by atoms with Crippen LogP contribution < -0.4 is 10.6 Å². The SMILES string of the molecule is CCNC(=NCc1ccccc1CN1CCOCC1)NCCc1sc(C)nc1C. The summed E-state index contributed by atoms with van der Waals surface area (Å²) in [5.41, 5.74) is 3.78. The van der Waals surface area contributed by atoms with Crippen LogP contribution in [0.3, 0.4) is 0 Å². The Hall–Kier alpha value is -1.96. The highest BCUT2D eigenvalue weighted by atomic mass is 32.1. The fraction of sp³-hybridized carbons (Fsp3) is 0.545. The number of nitrogens with one attached hydrogen (secondary N) is 2. The number of aliphatic imine (C=N–C) groups is 1. The van der Waals surface area contributed by atoms with Crippen LogP contribution in [0.5, 0.6) is 0 Å². The average Bonchev–Trinajstić information content (AvgIpc) is 3.05. The Morgan fingerprint density at radius 1 is 1.17 bits per heavy atom. The summed E-state index contributed by atoms with van der Waals surface area (Å²) >= 11 is 1.78. The molecule has 0 amide bonds. The third-order valence-corrected chi connectivity index (χ3v) is 6.14. The average molecular weight is 416 g/mol. The van der Waals surface area contributed by atoms with Gasteiger partial charge in [-0.2, -0.15) is 0 Å². The number of rotatable bonds is 8. The van der Waals surface area contributed by atoms with E-state index in [2.05, 4.69) is 65.6 Å². The van der Waals surface area contributed by atoms with Gasteiger partial charge < -0.3 is 15.4 Å². The fourth-order valence-electron chi connectivity index (χ4n) is 3.47. The van der Waals surface area contributed by atoms with Gasteiger partial charge in [0.2, 0.25) is 0 Å². The quantitative estimate of drug-likeness (QED) is 0.513. The lowest BCUT2D eigenvalue weighted by Crippen LogP contribution is -2.38. The number of aromatic nitrogens is 1. The van der Waals surface area contributed by atoms with Crippen molar-refractivity contribution < 1.29 is 4.74 Å². The Kier molecular flexibility index (Phi) is 8.46. The second kappa shape index (κ2) is 11.3. The van der Waals surface area contributed by atoms with E-state index in [1.165, 1.54) is 16.0 Å². The minimum Gasteiger partial charge on any atom is -0.379 e. The molecule has 0 radical (unpaired) electrons. The van der Waals surface area contributed by atoms with Gasteiger partial charge in [0, 0.05) is 44.0 Å². The third kappa shape index (κ3) is 6.80. The first kappa shape index (κ1) is 21.7. The largest absolute Gasteiger partial charge is 0.379 e. The molecule has 1 aliphatic rings. The van der Waals surface area contributed by atoms with Gasteiger partial charge in [0.1, 0.15) is 0 Å². The highest BCUT2D eigenvalue weighted by Crippen LogP contribution is 2.17. The molecular weight excluding hydrogens is 382 g/mol. The first-order valence-electron chi connectivity index (χ1n) is 10.5. The van der Waals surface area contributed by atoms with Gasteiger partial charge in [0.25, 0.3) is 0 Å². The maximum atomic E-state index is 5.47. The normalized spacial score (nSPS) is 15.5. The highest BCUT2D eigenvalue weighted by molar-refractivity contribution is 7.11. The van der Waals surface area contributed by atoms with E-state index in [4.69, 9.17) is 9.73 Å².